The van der Waals surface area contributed by atoms with Crippen molar-refractivity contribution in [2.75, 3.05) is 24.5 Å². The molecule has 0 aliphatic carbocycles. The Morgan fingerprint density at radius 3 is 2.61 bits per heavy atom. The number of unbranched alkanes of at least 4 members (excludes halogenated alkanes) is 1. The summed E-state index contributed by atoms with van der Waals surface area (Å²) in [7, 11) is 0. The monoisotopic (exact) mass is 250 g/mol. The molecule has 0 aliphatic heterocycles. The lowest BCUT2D eigenvalue weighted by Gasteiger charge is -2.21. The highest BCUT2D eigenvalue weighted by molar-refractivity contribution is 5.32. The molecule has 102 valence electrons. The Kier molecular flexibility index (Phi) is 6.65. The number of rotatable bonds is 8. The first kappa shape index (κ1) is 14.9. The van der Waals surface area contributed by atoms with E-state index in [1.165, 1.54) is 18.4 Å². The molecule has 0 aromatic carbocycles. The van der Waals surface area contributed by atoms with E-state index < -0.39 is 0 Å². The van der Waals surface area contributed by atoms with E-state index in [-0.39, 0.29) is 0 Å². The summed E-state index contributed by atoms with van der Waals surface area (Å²) in [5.74, 6) is 0.865. The van der Waals surface area contributed by atoms with Crippen molar-refractivity contribution < 1.29 is 0 Å². The van der Waals surface area contributed by atoms with E-state index in [1.807, 2.05) is 6.20 Å². The van der Waals surface area contributed by atoms with Gasteiger partial charge in [-0.05, 0) is 26.8 Å². The fourth-order valence-corrected chi connectivity index (χ4v) is 1.81. The molecule has 0 fully saturated rings. The quantitative estimate of drug-likeness (QED) is 0.769. The minimum atomic E-state index is 0.851. The van der Waals surface area contributed by atoms with Crippen molar-refractivity contribution in [1.29, 1.82) is 0 Å². The average Bonchev–Trinajstić information content (AvgIpc) is 2.38. The van der Waals surface area contributed by atoms with E-state index in [2.05, 4.69) is 47.9 Å². The van der Waals surface area contributed by atoms with Crippen LogP contribution in [0, 0.1) is 6.92 Å². The zero-order chi connectivity index (χ0) is 13.4. The SMILES string of the molecule is CCCCN(CC)c1ncc(CNCC)c(C)n1. The Bertz CT molecular complexity index is 352. The number of nitrogens with zero attached hydrogens (tertiary/aromatic N) is 3. The number of aromatic nitrogens is 2. The summed E-state index contributed by atoms with van der Waals surface area (Å²) < 4.78 is 0. The second-order valence-corrected chi connectivity index (χ2v) is 4.49. The van der Waals surface area contributed by atoms with Crippen LogP contribution in [0.4, 0.5) is 5.95 Å². The normalized spacial score (nSPS) is 10.7. The van der Waals surface area contributed by atoms with Gasteiger partial charge in [0.2, 0.25) is 5.95 Å². The van der Waals surface area contributed by atoms with Crippen LogP contribution < -0.4 is 10.2 Å². The number of nitrogens with one attached hydrogen (secondary N) is 1. The van der Waals surface area contributed by atoms with Crippen molar-refractivity contribution in [2.24, 2.45) is 0 Å². The van der Waals surface area contributed by atoms with Crippen LogP contribution in [0.15, 0.2) is 6.20 Å². The third kappa shape index (κ3) is 4.26. The highest BCUT2D eigenvalue weighted by Gasteiger charge is 2.09. The first-order valence-electron chi connectivity index (χ1n) is 7.01. The van der Waals surface area contributed by atoms with E-state index in [0.717, 1.165) is 37.8 Å². The Labute approximate surface area is 111 Å². The number of hydrogen-bond acceptors (Lipinski definition) is 4. The first-order chi connectivity index (χ1) is 8.72. The molecule has 1 heterocycles. The molecule has 0 unspecified atom stereocenters. The molecule has 4 heteroatoms. The Hall–Kier alpha value is -1.16. The summed E-state index contributed by atoms with van der Waals surface area (Å²) in [6, 6.07) is 0. The molecule has 0 spiro atoms. The zero-order valence-electron chi connectivity index (χ0n) is 12.2. The number of aryl methyl sites for hydroxylation is 1. The highest BCUT2D eigenvalue weighted by Crippen LogP contribution is 2.12. The van der Waals surface area contributed by atoms with Crippen molar-refractivity contribution in [3.05, 3.63) is 17.5 Å². The van der Waals surface area contributed by atoms with E-state index in [1.54, 1.807) is 0 Å². The predicted octanol–water partition coefficient (Wildman–Crippen LogP) is 2.52. The van der Waals surface area contributed by atoms with Gasteiger partial charge in [0.05, 0.1) is 0 Å². The molecule has 0 radical (unpaired) electrons. The van der Waals surface area contributed by atoms with Crippen molar-refractivity contribution in [1.82, 2.24) is 15.3 Å². The maximum Gasteiger partial charge on any atom is 0.225 e. The van der Waals surface area contributed by atoms with Crippen LogP contribution in [0.2, 0.25) is 0 Å². The van der Waals surface area contributed by atoms with Gasteiger partial charge in [0, 0.05) is 37.1 Å². The van der Waals surface area contributed by atoms with E-state index >= 15 is 0 Å². The molecule has 0 atom stereocenters. The lowest BCUT2D eigenvalue weighted by atomic mass is 10.2. The average molecular weight is 250 g/mol. The summed E-state index contributed by atoms with van der Waals surface area (Å²) in [5, 5.41) is 3.31. The number of anilines is 1. The molecule has 0 amide bonds. The third-order valence-electron chi connectivity index (χ3n) is 3.08. The van der Waals surface area contributed by atoms with E-state index in [9.17, 15) is 0 Å². The third-order valence-corrected chi connectivity index (χ3v) is 3.08. The van der Waals surface area contributed by atoms with Crippen molar-refractivity contribution in [2.45, 2.75) is 47.1 Å². The van der Waals surface area contributed by atoms with Gasteiger partial charge in [-0.1, -0.05) is 20.3 Å². The summed E-state index contributed by atoms with van der Waals surface area (Å²) in [6.07, 6.45) is 4.35. The van der Waals surface area contributed by atoms with Crippen LogP contribution in [0.25, 0.3) is 0 Å². The molecule has 1 rings (SSSR count). The smallest absolute Gasteiger partial charge is 0.225 e. The lowest BCUT2D eigenvalue weighted by Crippen LogP contribution is -2.26. The summed E-state index contributed by atoms with van der Waals surface area (Å²) in [6.45, 7) is 12.4. The molecular weight excluding hydrogens is 224 g/mol. The fourth-order valence-electron chi connectivity index (χ4n) is 1.81. The van der Waals surface area contributed by atoms with Gasteiger partial charge < -0.3 is 10.2 Å². The number of hydrogen-bond donors (Lipinski definition) is 1. The summed E-state index contributed by atoms with van der Waals surface area (Å²) in [5.41, 5.74) is 2.27. The van der Waals surface area contributed by atoms with Crippen LogP contribution in [0.5, 0.6) is 0 Å². The topological polar surface area (TPSA) is 41.1 Å². The zero-order valence-corrected chi connectivity index (χ0v) is 12.2. The molecular formula is C14H26N4. The van der Waals surface area contributed by atoms with Gasteiger partial charge >= 0.3 is 0 Å². The Morgan fingerprint density at radius 1 is 1.28 bits per heavy atom. The van der Waals surface area contributed by atoms with Gasteiger partial charge in [-0.2, -0.15) is 0 Å². The van der Waals surface area contributed by atoms with Gasteiger partial charge in [0.1, 0.15) is 0 Å². The molecule has 1 N–H and O–H groups in total. The van der Waals surface area contributed by atoms with Crippen molar-refractivity contribution >= 4 is 5.95 Å². The molecule has 0 saturated heterocycles. The molecule has 0 bridgehead atoms. The Morgan fingerprint density at radius 2 is 2.06 bits per heavy atom. The summed E-state index contributed by atoms with van der Waals surface area (Å²) in [4.78, 5) is 11.4. The molecule has 0 aliphatic rings. The maximum atomic E-state index is 4.62. The maximum absolute atomic E-state index is 4.62. The van der Waals surface area contributed by atoms with Crippen molar-refractivity contribution in [3.63, 3.8) is 0 Å². The summed E-state index contributed by atoms with van der Waals surface area (Å²) >= 11 is 0. The van der Waals surface area contributed by atoms with E-state index in [4.69, 9.17) is 0 Å². The standard InChI is InChI=1S/C14H26N4/c1-5-8-9-18(7-3)14-16-11-13(10-15-6-2)12(4)17-14/h11,15H,5-10H2,1-4H3. The second-order valence-electron chi connectivity index (χ2n) is 4.49. The first-order valence-corrected chi connectivity index (χ1v) is 7.01. The molecule has 1 aromatic heterocycles. The molecule has 1 aromatic rings. The van der Waals surface area contributed by atoms with Crippen LogP contribution >= 0.6 is 0 Å². The van der Waals surface area contributed by atoms with Gasteiger partial charge in [0.25, 0.3) is 0 Å². The molecule has 18 heavy (non-hydrogen) atoms. The largest absolute Gasteiger partial charge is 0.341 e. The van der Waals surface area contributed by atoms with Gasteiger partial charge in [0.15, 0.2) is 0 Å². The van der Waals surface area contributed by atoms with E-state index in [0.29, 0.717) is 0 Å². The van der Waals surface area contributed by atoms with Gasteiger partial charge in [-0.3, -0.25) is 0 Å². The van der Waals surface area contributed by atoms with Gasteiger partial charge in [-0.15, -0.1) is 0 Å². The lowest BCUT2D eigenvalue weighted by molar-refractivity contribution is 0.697. The minimum absolute atomic E-state index is 0.851. The second kappa shape index (κ2) is 8.03. The van der Waals surface area contributed by atoms with Gasteiger partial charge in [-0.25, -0.2) is 9.97 Å². The van der Waals surface area contributed by atoms with Crippen LogP contribution in [-0.4, -0.2) is 29.6 Å². The molecule has 0 saturated carbocycles. The van der Waals surface area contributed by atoms with Crippen molar-refractivity contribution in [3.8, 4) is 0 Å². The predicted molar refractivity (Wildman–Crippen MR) is 76.9 cm³/mol. The van der Waals surface area contributed by atoms with Crippen LogP contribution in [0.3, 0.4) is 0 Å². The van der Waals surface area contributed by atoms with Crippen LogP contribution in [-0.2, 0) is 6.54 Å². The van der Waals surface area contributed by atoms with Crippen LogP contribution in [0.1, 0.15) is 44.9 Å². The minimum Gasteiger partial charge on any atom is -0.341 e. The fraction of sp³-hybridized carbons (Fsp3) is 0.714. The Balaban J connectivity index is 2.74. The molecule has 4 nitrogen and oxygen atoms in total. The highest BCUT2D eigenvalue weighted by atomic mass is 15.2.